The van der Waals surface area contributed by atoms with E-state index in [-0.39, 0.29) is 17.7 Å². The molecule has 0 radical (unpaired) electrons. The summed E-state index contributed by atoms with van der Waals surface area (Å²) in [5, 5.41) is 20.4. The van der Waals surface area contributed by atoms with Crippen LogP contribution in [0.25, 0.3) is 0 Å². The van der Waals surface area contributed by atoms with Crippen LogP contribution in [0.4, 0.5) is 0 Å². The van der Waals surface area contributed by atoms with Crippen LogP contribution in [0.5, 0.6) is 0 Å². The Morgan fingerprint density at radius 3 is 2.35 bits per heavy atom. The van der Waals surface area contributed by atoms with E-state index in [1.165, 1.54) is 6.92 Å². The molecule has 1 aliphatic carbocycles. The van der Waals surface area contributed by atoms with Gasteiger partial charge in [-0.05, 0) is 31.7 Å². The fourth-order valence-corrected chi connectivity index (χ4v) is 2.08. The summed E-state index contributed by atoms with van der Waals surface area (Å²) in [6, 6.07) is -1.25. The number of rotatable bonds is 6. The number of aliphatic hydroxyl groups excluding tert-OH is 1. The molecule has 0 unspecified atom stereocenters. The number of nitrogens with two attached hydrogens (primary N) is 1. The van der Waals surface area contributed by atoms with E-state index < -0.39 is 18.1 Å². The summed E-state index contributed by atoms with van der Waals surface area (Å²) < 4.78 is 0. The first kappa shape index (κ1) is 13.9. The van der Waals surface area contributed by atoms with E-state index in [4.69, 9.17) is 10.8 Å². The molecule has 0 aromatic heterocycles. The monoisotopic (exact) mass is 244 g/mol. The first-order chi connectivity index (χ1) is 7.90. The minimum absolute atomic E-state index is 0.161. The predicted octanol–water partition coefficient (Wildman–Crippen LogP) is -0.544. The first-order valence-corrected chi connectivity index (χ1v) is 5.80. The molecule has 0 saturated heterocycles. The average molecular weight is 244 g/mol. The second-order valence-corrected chi connectivity index (χ2v) is 4.86. The van der Waals surface area contributed by atoms with Gasteiger partial charge in [0.2, 0.25) is 5.91 Å². The molecule has 0 aromatic rings. The van der Waals surface area contributed by atoms with Gasteiger partial charge in [-0.1, -0.05) is 6.42 Å². The van der Waals surface area contributed by atoms with E-state index in [0.29, 0.717) is 6.54 Å². The third-order valence-electron chi connectivity index (χ3n) is 3.45. The zero-order valence-electron chi connectivity index (χ0n) is 9.98. The smallest absolute Gasteiger partial charge is 0.328 e. The van der Waals surface area contributed by atoms with Crippen molar-refractivity contribution in [3.05, 3.63) is 0 Å². The number of carbonyl (C=O) groups excluding carboxylic acids is 1. The number of hydrogen-bond acceptors (Lipinski definition) is 4. The number of amides is 1. The van der Waals surface area contributed by atoms with E-state index in [1.54, 1.807) is 0 Å². The van der Waals surface area contributed by atoms with Gasteiger partial charge in [0.05, 0.1) is 6.10 Å². The molecule has 0 heterocycles. The van der Waals surface area contributed by atoms with Crippen molar-refractivity contribution in [2.75, 3.05) is 6.54 Å². The van der Waals surface area contributed by atoms with Crippen molar-refractivity contribution < 1.29 is 19.8 Å². The number of nitrogens with one attached hydrogen (secondary N) is 1. The largest absolute Gasteiger partial charge is 0.480 e. The normalized spacial score (nSPS) is 21.1. The number of hydrogen-bond donors (Lipinski definition) is 4. The lowest BCUT2D eigenvalue weighted by molar-refractivity contribution is -0.145. The highest BCUT2D eigenvalue weighted by atomic mass is 16.4. The number of aliphatic hydroxyl groups is 1. The van der Waals surface area contributed by atoms with Crippen LogP contribution in [0.2, 0.25) is 0 Å². The Hall–Kier alpha value is -1.14. The van der Waals surface area contributed by atoms with Gasteiger partial charge in [-0.3, -0.25) is 4.79 Å². The van der Waals surface area contributed by atoms with Crippen LogP contribution < -0.4 is 11.1 Å². The van der Waals surface area contributed by atoms with E-state index in [9.17, 15) is 14.7 Å². The molecule has 98 valence electrons. The van der Waals surface area contributed by atoms with Crippen LogP contribution in [0.1, 0.15) is 32.6 Å². The highest BCUT2D eigenvalue weighted by Gasteiger charge is 2.38. The van der Waals surface area contributed by atoms with Crippen LogP contribution in [-0.2, 0) is 9.59 Å². The van der Waals surface area contributed by atoms with Crippen LogP contribution in [0.3, 0.4) is 0 Å². The molecule has 6 nitrogen and oxygen atoms in total. The van der Waals surface area contributed by atoms with E-state index in [2.05, 4.69) is 5.32 Å². The van der Waals surface area contributed by atoms with E-state index in [1.807, 2.05) is 0 Å². The van der Waals surface area contributed by atoms with Crippen molar-refractivity contribution >= 4 is 11.9 Å². The van der Waals surface area contributed by atoms with E-state index >= 15 is 0 Å². The first-order valence-electron chi connectivity index (χ1n) is 5.80. The molecule has 0 bridgehead atoms. The van der Waals surface area contributed by atoms with Gasteiger partial charge in [0, 0.05) is 6.42 Å². The van der Waals surface area contributed by atoms with Crippen molar-refractivity contribution in [3.8, 4) is 0 Å². The van der Waals surface area contributed by atoms with Gasteiger partial charge >= 0.3 is 5.97 Å². The van der Waals surface area contributed by atoms with Gasteiger partial charge in [0.1, 0.15) is 0 Å². The maximum absolute atomic E-state index is 11.7. The molecule has 0 aromatic carbocycles. The molecule has 0 spiro atoms. The maximum Gasteiger partial charge on any atom is 0.328 e. The number of carboxylic acids is 1. The molecule has 1 amide bonds. The van der Waals surface area contributed by atoms with Crippen LogP contribution >= 0.6 is 0 Å². The lowest BCUT2D eigenvalue weighted by Gasteiger charge is -2.40. The number of carboxylic acid groups (broad SMARTS) is 1. The Labute approximate surface area is 100 Å². The van der Waals surface area contributed by atoms with Crippen molar-refractivity contribution in [2.24, 2.45) is 11.1 Å². The Morgan fingerprint density at radius 2 is 2.06 bits per heavy atom. The fraction of sp³-hybridized carbons (Fsp3) is 0.818. The van der Waals surface area contributed by atoms with Crippen molar-refractivity contribution in [1.29, 1.82) is 0 Å². The van der Waals surface area contributed by atoms with Crippen LogP contribution in [0.15, 0.2) is 0 Å². The van der Waals surface area contributed by atoms with Gasteiger partial charge in [-0.15, -0.1) is 0 Å². The quantitative estimate of drug-likeness (QED) is 0.501. The Morgan fingerprint density at radius 1 is 1.47 bits per heavy atom. The van der Waals surface area contributed by atoms with Crippen LogP contribution in [0, 0.1) is 5.41 Å². The summed E-state index contributed by atoms with van der Waals surface area (Å²) in [5.74, 6) is -1.59. The Bertz CT molecular complexity index is 294. The summed E-state index contributed by atoms with van der Waals surface area (Å²) in [7, 11) is 0. The van der Waals surface area contributed by atoms with Gasteiger partial charge in [0.25, 0.3) is 0 Å². The summed E-state index contributed by atoms with van der Waals surface area (Å²) >= 11 is 0. The average Bonchev–Trinajstić information content (AvgIpc) is 2.19. The zero-order chi connectivity index (χ0) is 13.1. The third kappa shape index (κ3) is 3.41. The second kappa shape index (κ2) is 5.46. The zero-order valence-corrected chi connectivity index (χ0v) is 9.98. The van der Waals surface area contributed by atoms with E-state index in [0.717, 1.165) is 19.3 Å². The highest BCUT2D eigenvalue weighted by Crippen LogP contribution is 2.42. The third-order valence-corrected chi connectivity index (χ3v) is 3.45. The minimum Gasteiger partial charge on any atom is -0.480 e. The Balaban J connectivity index is 2.50. The van der Waals surface area contributed by atoms with Gasteiger partial charge in [-0.2, -0.15) is 0 Å². The summed E-state index contributed by atoms with van der Waals surface area (Å²) in [4.78, 5) is 22.5. The standard InChI is InChI=1S/C11H20N2O4/c1-7(14)9(10(16)17)13-8(15)5-11(6-12)3-2-4-11/h7,9,14H,2-6,12H2,1H3,(H,13,15)(H,16,17)/t7-,9+/m1/s1. The lowest BCUT2D eigenvalue weighted by Crippen LogP contribution is -2.50. The molecule has 1 saturated carbocycles. The molecule has 1 fully saturated rings. The molecular formula is C11H20N2O4. The number of aliphatic carboxylic acids is 1. The summed E-state index contributed by atoms with van der Waals surface area (Å²) in [6.07, 6.45) is 1.99. The molecule has 2 atom stereocenters. The van der Waals surface area contributed by atoms with Gasteiger partial charge in [0.15, 0.2) is 6.04 Å². The molecule has 17 heavy (non-hydrogen) atoms. The SMILES string of the molecule is C[C@@H](O)[C@H](NC(=O)CC1(CN)CCC1)C(=O)O. The molecule has 0 aliphatic heterocycles. The van der Waals surface area contributed by atoms with Crippen LogP contribution in [-0.4, -0.2) is 40.8 Å². The summed E-state index contributed by atoms with van der Waals surface area (Å²) in [5.41, 5.74) is 5.46. The highest BCUT2D eigenvalue weighted by molar-refractivity contribution is 5.84. The lowest BCUT2D eigenvalue weighted by atomic mass is 9.66. The molecule has 1 aliphatic rings. The number of carbonyl (C=O) groups is 2. The fourth-order valence-electron chi connectivity index (χ4n) is 2.08. The van der Waals surface area contributed by atoms with Crippen molar-refractivity contribution in [1.82, 2.24) is 5.32 Å². The van der Waals surface area contributed by atoms with Gasteiger partial charge < -0.3 is 21.3 Å². The molecule has 5 N–H and O–H groups in total. The Kier molecular flexibility index (Phi) is 4.47. The molecular weight excluding hydrogens is 224 g/mol. The molecule has 6 heteroatoms. The second-order valence-electron chi connectivity index (χ2n) is 4.86. The summed E-state index contributed by atoms with van der Waals surface area (Å²) in [6.45, 7) is 1.77. The topological polar surface area (TPSA) is 113 Å². The predicted molar refractivity (Wildman–Crippen MR) is 61.2 cm³/mol. The van der Waals surface area contributed by atoms with Crippen molar-refractivity contribution in [3.63, 3.8) is 0 Å². The van der Waals surface area contributed by atoms with Crippen molar-refractivity contribution in [2.45, 2.75) is 44.8 Å². The maximum atomic E-state index is 11.7. The molecule has 1 rings (SSSR count). The van der Waals surface area contributed by atoms with Gasteiger partial charge in [-0.25, -0.2) is 4.79 Å². The minimum atomic E-state index is -1.25.